The van der Waals surface area contributed by atoms with E-state index in [1.807, 2.05) is 0 Å². The van der Waals surface area contributed by atoms with Crippen molar-refractivity contribution in [3.63, 3.8) is 0 Å². The van der Waals surface area contributed by atoms with Gasteiger partial charge in [0.1, 0.15) is 17.3 Å². The Hall–Kier alpha value is -2.32. The van der Waals surface area contributed by atoms with E-state index in [1.54, 1.807) is 18.9 Å². The van der Waals surface area contributed by atoms with Gasteiger partial charge in [0, 0.05) is 32.3 Å². The van der Waals surface area contributed by atoms with Gasteiger partial charge in [0.25, 0.3) is 5.91 Å². The molecule has 0 saturated carbocycles. The highest BCUT2D eigenvalue weighted by atomic mass is 19.4. The third-order valence-electron chi connectivity index (χ3n) is 4.21. The Morgan fingerprint density at radius 1 is 1.42 bits per heavy atom. The number of aryl methyl sites for hydroxylation is 2. The number of carbonyl (C=O) groups excluding carboxylic acids is 1. The average Bonchev–Trinajstić information content (AvgIpc) is 3.12. The Labute approximate surface area is 136 Å². The normalized spacial score (nSPS) is 18.9. The molecule has 2 aromatic rings. The van der Waals surface area contributed by atoms with Crippen molar-refractivity contribution in [2.24, 2.45) is 7.05 Å². The van der Waals surface area contributed by atoms with Gasteiger partial charge in [-0.2, -0.15) is 13.2 Å². The molecule has 1 atom stereocenters. The van der Waals surface area contributed by atoms with E-state index in [-0.39, 0.29) is 11.8 Å². The van der Waals surface area contributed by atoms with Gasteiger partial charge in [-0.05, 0) is 19.8 Å². The lowest BCUT2D eigenvalue weighted by atomic mass is 9.97. The van der Waals surface area contributed by atoms with E-state index in [2.05, 4.69) is 15.0 Å². The van der Waals surface area contributed by atoms with Crippen LogP contribution in [0.25, 0.3) is 0 Å². The minimum Gasteiger partial charge on any atom is -0.338 e. The van der Waals surface area contributed by atoms with E-state index >= 15 is 0 Å². The van der Waals surface area contributed by atoms with Gasteiger partial charge in [0.05, 0.1) is 6.20 Å². The molecule has 24 heavy (non-hydrogen) atoms. The highest BCUT2D eigenvalue weighted by Crippen LogP contribution is 2.32. The van der Waals surface area contributed by atoms with E-state index in [9.17, 15) is 18.0 Å². The summed E-state index contributed by atoms with van der Waals surface area (Å²) in [6, 6.07) is 0. The number of amides is 1. The number of nitrogens with zero attached hydrogens (tertiary/aromatic N) is 4. The van der Waals surface area contributed by atoms with Crippen molar-refractivity contribution in [2.75, 3.05) is 13.1 Å². The van der Waals surface area contributed by atoms with Gasteiger partial charge in [0.15, 0.2) is 5.69 Å². The molecule has 9 heteroatoms. The Morgan fingerprint density at radius 2 is 2.17 bits per heavy atom. The summed E-state index contributed by atoms with van der Waals surface area (Å²) >= 11 is 0. The van der Waals surface area contributed by atoms with Gasteiger partial charge < -0.3 is 14.5 Å². The van der Waals surface area contributed by atoms with Crippen LogP contribution in [0.15, 0.2) is 12.4 Å². The molecule has 1 fully saturated rings. The third-order valence-corrected chi connectivity index (χ3v) is 4.21. The van der Waals surface area contributed by atoms with Crippen molar-refractivity contribution < 1.29 is 18.0 Å². The first-order chi connectivity index (χ1) is 11.3. The number of rotatable bonds is 2. The van der Waals surface area contributed by atoms with E-state index in [1.165, 1.54) is 10.8 Å². The van der Waals surface area contributed by atoms with Crippen LogP contribution >= 0.6 is 0 Å². The number of hydrogen-bond donors (Lipinski definition) is 1. The number of aromatic amines is 1. The van der Waals surface area contributed by atoms with Crippen molar-refractivity contribution in [1.82, 2.24) is 24.4 Å². The van der Waals surface area contributed by atoms with Crippen LogP contribution in [0.4, 0.5) is 13.2 Å². The summed E-state index contributed by atoms with van der Waals surface area (Å²) < 4.78 is 39.9. The standard InChI is InChI=1S/C15H18F3N5O/c1-9-19-6-11(20-9)14(24)23-5-3-4-10(7-23)13-21-12(8-22(13)2)15(16,17)18/h6,8,10H,3-5,7H2,1-2H3,(H,19,20)/t10-/m1/s1. The fraction of sp³-hybridized carbons (Fsp3) is 0.533. The van der Waals surface area contributed by atoms with Crippen LogP contribution in [0.5, 0.6) is 0 Å². The molecule has 1 aliphatic rings. The van der Waals surface area contributed by atoms with Gasteiger partial charge in [-0.15, -0.1) is 0 Å². The molecule has 0 radical (unpaired) electrons. The average molecular weight is 341 g/mol. The van der Waals surface area contributed by atoms with Gasteiger partial charge >= 0.3 is 6.18 Å². The van der Waals surface area contributed by atoms with E-state index in [0.717, 1.165) is 12.6 Å². The van der Waals surface area contributed by atoms with Crippen LogP contribution < -0.4 is 0 Å². The molecule has 1 aliphatic heterocycles. The zero-order valence-electron chi connectivity index (χ0n) is 13.4. The van der Waals surface area contributed by atoms with Crippen LogP contribution in [0.1, 0.15) is 46.6 Å². The number of aromatic nitrogens is 4. The van der Waals surface area contributed by atoms with Crippen LogP contribution in [-0.4, -0.2) is 43.4 Å². The third kappa shape index (κ3) is 3.15. The van der Waals surface area contributed by atoms with Gasteiger partial charge in [-0.25, -0.2) is 9.97 Å². The molecule has 130 valence electrons. The van der Waals surface area contributed by atoms with Crippen LogP contribution in [0, 0.1) is 6.92 Å². The van der Waals surface area contributed by atoms with Crippen LogP contribution in [0.2, 0.25) is 0 Å². The first kappa shape index (κ1) is 16.5. The smallest absolute Gasteiger partial charge is 0.338 e. The van der Waals surface area contributed by atoms with E-state index < -0.39 is 11.9 Å². The van der Waals surface area contributed by atoms with Crippen molar-refractivity contribution >= 4 is 5.91 Å². The summed E-state index contributed by atoms with van der Waals surface area (Å²) in [6.07, 6.45) is -0.572. The Kier molecular flexibility index (Phi) is 4.10. The fourth-order valence-electron chi connectivity index (χ4n) is 3.07. The summed E-state index contributed by atoms with van der Waals surface area (Å²) in [5, 5.41) is 0. The number of carbonyl (C=O) groups is 1. The number of H-pyrrole nitrogens is 1. The molecule has 0 aromatic carbocycles. The van der Waals surface area contributed by atoms with Crippen LogP contribution in [-0.2, 0) is 13.2 Å². The van der Waals surface area contributed by atoms with Crippen LogP contribution in [0.3, 0.4) is 0 Å². The molecule has 1 saturated heterocycles. The highest BCUT2D eigenvalue weighted by Gasteiger charge is 2.36. The summed E-state index contributed by atoms with van der Waals surface area (Å²) in [5.74, 6) is 0.602. The Morgan fingerprint density at radius 3 is 2.75 bits per heavy atom. The minimum atomic E-state index is -4.46. The number of nitrogens with one attached hydrogen (secondary N) is 1. The quantitative estimate of drug-likeness (QED) is 0.913. The summed E-state index contributed by atoms with van der Waals surface area (Å²) in [7, 11) is 1.55. The molecular formula is C15H18F3N5O. The van der Waals surface area contributed by atoms with Gasteiger partial charge in [-0.1, -0.05) is 0 Å². The number of alkyl halides is 3. The maximum absolute atomic E-state index is 12.8. The van der Waals surface area contributed by atoms with E-state index in [4.69, 9.17) is 0 Å². The highest BCUT2D eigenvalue weighted by molar-refractivity contribution is 5.92. The topological polar surface area (TPSA) is 66.8 Å². The first-order valence-corrected chi connectivity index (χ1v) is 7.67. The van der Waals surface area contributed by atoms with Gasteiger partial charge in [0.2, 0.25) is 0 Å². The molecule has 1 amide bonds. The molecule has 3 rings (SSSR count). The maximum Gasteiger partial charge on any atom is 0.434 e. The lowest BCUT2D eigenvalue weighted by Crippen LogP contribution is -2.39. The lowest BCUT2D eigenvalue weighted by molar-refractivity contribution is -0.141. The number of likely N-dealkylation sites (tertiary alicyclic amines) is 1. The van der Waals surface area contributed by atoms with Crippen molar-refractivity contribution in [3.8, 4) is 0 Å². The molecule has 3 heterocycles. The summed E-state index contributed by atoms with van der Waals surface area (Å²) in [4.78, 5) is 24.8. The molecule has 6 nitrogen and oxygen atoms in total. The molecule has 1 N–H and O–H groups in total. The van der Waals surface area contributed by atoms with Crippen molar-refractivity contribution in [1.29, 1.82) is 0 Å². The Bertz CT molecular complexity index is 749. The zero-order valence-corrected chi connectivity index (χ0v) is 13.4. The fourth-order valence-corrected chi connectivity index (χ4v) is 3.07. The number of halogens is 3. The second kappa shape index (κ2) is 5.95. The van der Waals surface area contributed by atoms with Gasteiger partial charge in [-0.3, -0.25) is 4.79 Å². The molecule has 0 bridgehead atoms. The molecule has 0 unspecified atom stereocenters. The largest absolute Gasteiger partial charge is 0.434 e. The minimum absolute atomic E-state index is 0.189. The number of hydrogen-bond acceptors (Lipinski definition) is 3. The summed E-state index contributed by atoms with van der Waals surface area (Å²) in [6.45, 7) is 2.67. The monoisotopic (exact) mass is 341 g/mol. The molecule has 0 aliphatic carbocycles. The van der Waals surface area contributed by atoms with Crippen molar-refractivity contribution in [3.05, 3.63) is 35.4 Å². The zero-order chi connectivity index (χ0) is 17.5. The molecule has 0 spiro atoms. The molecule has 2 aromatic heterocycles. The SMILES string of the molecule is Cc1ncc(C(=O)N2CCC[C@@H](c3nc(C(F)(F)F)cn3C)C2)[nH]1. The number of imidazole rings is 2. The second-order valence-corrected chi connectivity index (χ2v) is 6.07. The maximum atomic E-state index is 12.8. The Balaban J connectivity index is 1.79. The number of piperidine rings is 1. The lowest BCUT2D eigenvalue weighted by Gasteiger charge is -2.32. The predicted octanol–water partition coefficient (Wildman–Crippen LogP) is 2.49. The summed E-state index contributed by atoms with van der Waals surface area (Å²) in [5.41, 5.74) is -0.503. The second-order valence-electron chi connectivity index (χ2n) is 6.07. The predicted molar refractivity (Wildman–Crippen MR) is 79.4 cm³/mol. The first-order valence-electron chi connectivity index (χ1n) is 7.67. The molecular weight excluding hydrogens is 323 g/mol. The van der Waals surface area contributed by atoms with E-state index in [0.29, 0.717) is 36.9 Å². The van der Waals surface area contributed by atoms with Crippen molar-refractivity contribution in [2.45, 2.75) is 31.9 Å².